The van der Waals surface area contributed by atoms with Gasteiger partial charge in [0.05, 0.1) is 24.5 Å². The number of aliphatic hydroxyl groups is 1. The Morgan fingerprint density at radius 2 is 2.03 bits per heavy atom. The third-order valence-corrected chi connectivity index (χ3v) is 6.73. The molecule has 1 unspecified atom stereocenters. The van der Waals surface area contributed by atoms with Crippen molar-refractivity contribution in [3.8, 4) is 0 Å². The number of amides is 1. The number of hydrogen-bond donors (Lipinski definition) is 2. The van der Waals surface area contributed by atoms with Gasteiger partial charge in [0, 0.05) is 41.2 Å². The van der Waals surface area contributed by atoms with Gasteiger partial charge in [-0.15, -0.1) is 0 Å². The average molecular weight is 555 g/mol. The molecule has 1 amide bonds. The fourth-order valence-electron chi connectivity index (χ4n) is 4.62. The molecular weight excluding hydrogens is 528 g/mol. The van der Waals surface area contributed by atoms with Crippen LogP contribution in [0, 0.1) is 13.8 Å². The van der Waals surface area contributed by atoms with Gasteiger partial charge in [-0.1, -0.05) is 28.1 Å². The molecule has 0 bridgehead atoms. The fourth-order valence-corrected chi connectivity index (χ4v) is 5.04. The molecular formula is C26H27BrN4O5. The van der Waals surface area contributed by atoms with Gasteiger partial charge in [0.2, 0.25) is 0 Å². The molecule has 0 saturated carbocycles. The number of aromatic amines is 1. The Hall–Kier alpha value is -3.66. The van der Waals surface area contributed by atoms with Crippen LogP contribution < -0.4 is 0 Å². The maximum atomic E-state index is 13.3. The van der Waals surface area contributed by atoms with Gasteiger partial charge in [0.1, 0.15) is 11.5 Å². The van der Waals surface area contributed by atoms with Crippen molar-refractivity contribution < 1.29 is 24.2 Å². The molecule has 9 nitrogen and oxygen atoms in total. The SMILES string of the molecule is CCOC(=O)c1[nH]c(C)c(C(O)=C2C(=O)C(=O)N(CCCn3ccnc3)C2c2cccc(Br)c2)c1C. The number of halogens is 1. The molecule has 0 spiro atoms. The van der Waals surface area contributed by atoms with Gasteiger partial charge in [-0.2, -0.15) is 0 Å². The highest BCUT2D eigenvalue weighted by atomic mass is 79.9. The van der Waals surface area contributed by atoms with Crippen molar-refractivity contribution in [1.82, 2.24) is 19.4 Å². The lowest BCUT2D eigenvalue weighted by molar-refractivity contribution is -0.139. The Morgan fingerprint density at radius 3 is 2.69 bits per heavy atom. The van der Waals surface area contributed by atoms with Crippen molar-refractivity contribution in [3.63, 3.8) is 0 Å². The van der Waals surface area contributed by atoms with E-state index in [1.54, 1.807) is 33.3 Å². The number of nitrogens with one attached hydrogen (secondary N) is 1. The number of ether oxygens (including phenoxy) is 1. The smallest absolute Gasteiger partial charge is 0.355 e. The number of ketones is 1. The van der Waals surface area contributed by atoms with Crippen LogP contribution in [0.1, 0.15) is 52.3 Å². The topological polar surface area (TPSA) is 118 Å². The Bertz CT molecular complexity index is 1340. The lowest BCUT2D eigenvalue weighted by Crippen LogP contribution is -2.31. The van der Waals surface area contributed by atoms with E-state index in [9.17, 15) is 19.5 Å². The summed E-state index contributed by atoms with van der Waals surface area (Å²) in [6.45, 7) is 6.18. The molecule has 1 saturated heterocycles. The van der Waals surface area contributed by atoms with Crippen molar-refractivity contribution in [2.45, 2.75) is 39.8 Å². The van der Waals surface area contributed by atoms with Gasteiger partial charge >= 0.3 is 5.97 Å². The highest BCUT2D eigenvalue weighted by Gasteiger charge is 2.46. The molecule has 1 atom stereocenters. The number of imidazole rings is 1. The van der Waals surface area contributed by atoms with E-state index in [1.807, 2.05) is 35.0 Å². The maximum absolute atomic E-state index is 13.3. The van der Waals surface area contributed by atoms with Gasteiger partial charge < -0.3 is 24.3 Å². The van der Waals surface area contributed by atoms with E-state index in [4.69, 9.17) is 4.74 Å². The minimum atomic E-state index is -0.787. The highest BCUT2D eigenvalue weighted by molar-refractivity contribution is 9.10. The molecule has 1 aromatic carbocycles. The van der Waals surface area contributed by atoms with E-state index >= 15 is 0 Å². The average Bonchev–Trinajstić information content (AvgIpc) is 3.52. The third kappa shape index (κ3) is 4.73. The Morgan fingerprint density at radius 1 is 1.25 bits per heavy atom. The summed E-state index contributed by atoms with van der Waals surface area (Å²) in [6, 6.07) is 6.52. The molecule has 4 rings (SSSR count). The van der Waals surface area contributed by atoms with Gasteiger partial charge in [0.15, 0.2) is 0 Å². The van der Waals surface area contributed by atoms with Crippen molar-refractivity contribution >= 4 is 39.3 Å². The number of H-pyrrole nitrogens is 1. The summed E-state index contributed by atoms with van der Waals surface area (Å²) in [5.41, 5.74) is 2.12. The standard InChI is InChI=1S/C26H27BrN4O5/c1-4-36-26(35)21-15(2)19(16(3)29-21)23(32)20-22(17-7-5-8-18(27)13-17)31(25(34)24(20)33)11-6-10-30-12-9-28-14-30/h5,7-9,12-14,22,29,32H,4,6,10-11H2,1-3H3. The second kappa shape index (κ2) is 10.5. The molecule has 10 heteroatoms. The summed E-state index contributed by atoms with van der Waals surface area (Å²) in [5.74, 6) is -2.32. The number of esters is 1. The molecule has 1 aliphatic rings. The minimum Gasteiger partial charge on any atom is -0.507 e. The van der Waals surface area contributed by atoms with Crippen LogP contribution in [0.15, 0.2) is 53.0 Å². The van der Waals surface area contributed by atoms with Crippen LogP contribution in [-0.2, 0) is 20.9 Å². The number of rotatable bonds is 8. The van der Waals surface area contributed by atoms with Crippen molar-refractivity contribution in [2.24, 2.45) is 0 Å². The van der Waals surface area contributed by atoms with Crippen LogP contribution in [0.4, 0.5) is 0 Å². The molecule has 0 aliphatic carbocycles. The Kier molecular flexibility index (Phi) is 7.44. The second-order valence-corrected chi connectivity index (χ2v) is 9.46. The number of carbonyl (C=O) groups is 3. The van der Waals surface area contributed by atoms with Gasteiger partial charge in [-0.3, -0.25) is 9.59 Å². The van der Waals surface area contributed by atoms with Crippen molar-refractivity contribution in [1.29, 1.82) is 0 Å². The molecule has 2 N–H and O–H groups in total. The predicted molar refractivity (Wildman–Crippen MR) is 136 cm³/mol. The van der Waals surface area contributed by atoms with E-state index < -0.39 is 23.7 Å². The van der Waals surface area contributed by atoms with E-state index in [0.717, 1.165) is 4.47 Å². The number of likely N-dealkylation sites (tertiary alicyclic amines) is 1. The molecule has 36 heavy (non-hydrogen) atoms. The summed E-state index contributed by atoms with van der Waals surface area (Å²) in [4.78, 5) is 47.4. The van der Waals surface area contributed by atoms with Crippen LogP contribution in [-0.4, -0.2) is 55.4 Å². The number of aliphatic hydroxyl groups excluding tert-OH is 1. The van der Waals surface area contributed by atoms with Crippen LogP contribution in [0.25, 0.3) is 5.76 Å². The van der Waals surface area contributed by atoms with Crippen molar-refractivity contribution in [2.75, 3.05) is 13.2 Å². The van der Waals surface area contributed by atoms with Crippen molar-refractivity contribution in [3.05, 3.63) is 81.1 Å². The number of carbonyl (C=O) groups excluding carboxylic acids is 3. The normalized spacial score (nSPS) is 17.1. The summed E-state index contributed by atoms with van der Waals surface area (Å²) in [7, 11) is 0. The number of benzene rings is 1. The molecule has 2 aromatic heterocycles. The van der Waals surface area contributed by atoms with Crippen LogP contribution in [0.2, 0.25) is 0 Å². The molecule has 188 valence electrons. The maximum Gasteiger partial charge on any atom is 0.355 e. The lowest BCUT2D eigenvalue weighted by Gasteiger charge is -2.25. The van der Waals surface area contributed by atoms with E-state index in [2.05, 4.69) is 25.9 Å². The monoisotopic (exact) mass is 554 g/mol. The first-order valence-electron chi connectivity index (χ1n) is 11.6. The minimum absolute atomic E-state index is 0.0126. The fraction of sp³-hybridized carbons (Fsp3) is 0.308. The Labute approximate surface area is 216 Å². The van der Waals surface area contributed by atoms with E-state index in [-0.39, 0.29) is 23.6 Å². The molecule has 3 aromatic rings. The first-order valence-corrected chi connectivity index (χ1v) is 12.4. The molecule has 3 heterocycles. The summed E-state index contributed by atoms with van der Waals surface area (Å²) in [6.07, 6.45) is 5.79. The van der Waals surface area contributed by atoms with Gasteiger partial charge in [0.25, 0.3) is 11.7 Å². The molecule has 1 fully saturated rings. The third-order valence-electron chi connectivity index (χ3n) is 6.23. The number of aryl methyl sites for hydroxylation is 2. The lowest BCUT2D eigenvalue weighted by atomic mass is 9.94. The zero-order chi connectivity index (χ0) is 26.0. The summed E-state index contributed by atoms with van der Waals surface area (Å²) in [5, 5.41) is 11.5. The number of aromatic nitrogens is 3. The van der Waals surface area contributed by atoms with Crippen LogP contribution in [0.5, 0.6) is 0 Å². The first kappa shape index (κ1) is 25.4. The van der Waals surface area contributed by atoms with Gasteiger partial charge in [-0.25, -0.2) is 9.78 Å². The number of nitrogens with zero attached hydrogens (tertiary/aromatic N) is 3. The highest BCUT2D eigenvalue weighted by Crippen LogP contribution is 2.41. The van der Waals surface area contributed by atoms with Crippen LogP contribution >= 0.6 is 15.9 Å². The zero-order valence-corrected chi connectivity index (χ0v) is 21.8. The number of Topliss-reactive ketones (excluding diaryl/α,β-unsaturated/α-hetero) is 1. The zero-order valence-electron chi connectivity index (χ0n) is 20.2. The quantitative estimate of drug-likeness (QED) is 0.186. The number of hydrogen-bond acceptors (Lipinski definition) is 6. The van der Waals surface area contributed by atoms with Gasteiger partial charge in [-0.05, 0) is 50.5 Å². The van der Waals surface area contributed by atoms with E-state index in [0.29, 0.717) is 41.9 Å². The summed E-state index contributed by atoms with van der Waals surface area (Å²) < 4.78 is 7.78. The predicted octanol–water partition coefficient (Wildman–Crippen LogP) is 4.28. The molecule has 1 aliphatic heterocycles. The van der Waals surface area contributed by atoms with Crippen LogP contribution in [0.3, 0.4) is 0 Å². The second-order valence-electron chi connectivity index (χ2n) is 8.55. The Balaban J connectivity index is 1.79. The van der Waals surface area contributed by atoms with E-state index in [1.165, 1.54) is 4.90 Å². The largest absolute Gasteiger partial charge is 0.507 e. The first-order chi connectivity index (χ1) is 17.2. The summed E-state index contributed by atoms with van der Waals surface area (Å²) >= 11 is 3.46. The molecule has 0 radical (unpaired) electrons.